The number of Topliss-reactive ketones (excluding diaryl/α,β-unsaturated/α-hetero) is 1. The summed E-state index contributed by atoms with van der Waals surface area (Å²) in [4.78, 5) is 51.1. The van der Waals surface area contributed by atoms with Crippen molar-refractivity contribution in [2.45, 2.75) is 84.1 Å². The summed E-state index contributed by atoms with van der Waals surface area (Å²) in [5.41, 5.74) is -3.26. The van der Waals surface area contributed by atoms with Gasteiger partial charge in [-0.3, -0.25) is 14.4 Å². The monoisotopic (exact) mass is 572 g/mol. The van der Waals surface area contributed by atoms with E-state index in [-0.39, 0.29) is 17.6 Å². The maximum Gasteiger partial charge on any atom is 0.338 e. The van der Waals surface area contributed by atoms with E-state index in [1.807, 2.05) is 0 Å². The zero-order valence-corrected chi connectivity index (χ0v) is 24.3. The molecule has 0 radical (unpaired) electrons. The van der Waals surface area contributed by atoms with Crippen LogP contribution in [-0.2, 0) is 28.6 Å². The first-order valence-corrected chi connectivity index (χ1v) is 13.6. The highest BCUT2D eigenvalue weighted by molar-refractivity contribution is 5.91. The van der Waals surface area contributed by atoms with Crippen molar-refractivity contribution in [1.82, 2.24) is 0 Å². The zero-order valence-electron chi connectivity index (χ0n) is 24.3. The summed E-state index contributed by atoms with van der Waals surface area (Å²) in [6.45, 7) is 12.6. The average molecular weight is 573 g/mol. The van der Waals surface area contributed by atoms with Crippen LogP contribution < -0.4 is 0 Å². The Hall–Kier alpha value is -3.34. The van der Waals surface area contributed by atoms with Crippen LogP contribution >= 0.6 is 0 Å². The summed E-state index contributed by atoms with van der Waals surface area (Å²) in [6, 6.07) is 8.16. The van der Waals surface area contributed by atoms with Gasteiger partial charge in [0, 0.05) is 30.8 Å². The lowest BCUT2D eigenvalue weighted by atomic mass is 9.72. The van der Waals surface area contributed by atoms with Gasteiger partial charge in [-0.05, 0) is 38.3 Å². The van der Waals surface area contributed by atoms with Gasteiger partial charge >= 0.3 is 17.9 Å². The molecule has 2 aliphatic rings. The maximum absolute atomic E-state index is 13.4. The zero-order chi connectivity index (χ0) is 30.9. The van der Waals surface area contributed by atoms with E-state index >= 15 is 0 Å². The third-order valence-corrected chi connectivity index (χ3v) is 8.05. The number of carbonyl (C=O) groups excluding carboxylic acids is 4. The van der Waals surface area contributed by atoms with Crippen molar-refractivity contribution in [3.63, 3.8) is 0 Å². The van der Waals surface area contributed by atoms with Crippen LogP contribution in [0.25, 0.3) is 0 Å². The molecule has 10 nitrogen and oxygen atoms in total. The molecule has 1 aromatic rings. The van der Waals surface area contributed by atoms with Crippen molar-refractivity contribution in [2.24, 2.45) is 23.2 Å². The summed E-state index contributed by atoms with van der Waals surface area (Å²) < 4.78 is 16.9. The predicted molar refractivity (Wildman–Crippen MR) is 147 cm³/mol. The molecule has 41 heavy (non-hydrogen) atoms. The lowest BCUT2D eigenvalue weighted by molar-refractivity contribution is -0.175. The third kappa shape index (κ3) is 6.60. The van der Waals surface area contributed by atoms with Crippen LogP contribution in [0.4, 0.5) is 0 Å². The Balaban J connectivity index is 2.25. The molecule has 0 aliphatic heterocycles. The van der Waals surface area contributed by atoms with Crippen LogP contribution in [0.1, 0.15) is 58.3 Å². The molecule has 0 heterocycles. The first kappa shape index (κ1) is 32.2. The summed E-state index contributed by atoms with van der Waals surface area (Å²) in [5, 5.41) is 35.0. The molecule has 224 valence electrons. The predicted octanol–water partition coefficient (Wildman–Crippen LogP) is 2.54. The molecule has 9 atom stereocenters. The highest BCUT2D eigenvalue weighted by Crippen LogP contribution is 2.50. The molecular formula is C31H40O10. The summed E-state index contributed by atoms with van der Waals surface area (Å²) in [5.74, 6) is -5.68. The van der Waals surface area contributed by atoms with Crippen molar-refractivity contribution >= 4 is 23.7 Å². The van der Waals surface area contributed by atoms with E-state index in [0.717, 1.165) is 13.8 Å². The fourth-order valence-electron chi connectivity index (χ4n) is 5.91. The van der Waals surface area contributed by atoms with Crippen LogP contribution in [0.2, 0.25) is 0 Å². The minimum Gasteiger partial charge on any atom is -0.458 e. The Kier molecular flexibility index (Phi) is 9.62. The Labute approximate surface area is 240 Å². The van der Waals surface area contributed by atoms with Crippen molar-refractivity contribution in [3.05, 3.63) is 60.2 Å². The van der Waals surface area contributed by atoms with Gasteiger partial charge in [-0.25, -0.2) is 4.79 Å². The molecular weight excluding hydrogens is 532 g/mol. The van der Waals surface area contributed by atoms with Gasteiger partial charge in [0.2, 0.25) is 0 Å². The number of esters is 3. The Morgan fingerprint density at radius 1 is 0.951 bits per heavy atom. The van der Waals surface area contributed by atoms with Crippen molar-refractivity contribution < 1.29 is 48.7 Å². The average Bonchev–Trinajstić information content (AvgIpc) is 3.16. The van der Waals surface area contributed by atoms with E-state index in [4.69, 9.17) is 14.2 Å². The van der Waals surface area contributed by atoms with Crippen LogP contribution in [-0.4, -0.2) is 75.1 Å². The number of aliphatic hydroxyl groups excluding tert-OH is 2. The normalized spacial score (nSPS) is 35.4. The van der Waals surface area contributed by atoms with Crippen LogP contribution in [0, 0.1) is 23.2 Å². The van der Waals surface area contributed by atoms with Crippen LogP contribution in [0.3, 0.4) is 0 Å². The Morgan fingerprint density at radius 3 is 2.07 bits per heavy atom. The highest BCUT2D eigenvalue weighted by Gasteiger charge is 2.62. The molecule has 1 saturated carbocycles. The van der Waals surface area contributed by atoms with Gasteiger partial charge in [-0.1, -0.05) is 50.8 Å². The van der Waals surface area contributed by atoms with Crippen LogP contribution in [0.15, 0.2) is 54.6 Å². The van der Waals surface area contributed by atoms with Gasteiger partial charge in [0.05, 0.1) is 17.6 Å². The molecule has 0 unspecified atom stereocenters. The standard InChI is InChI=1S/C31H40O10/c1-16-13-14-30(6,7)28(36)23(34)26(40-20(5)33)18(3)25(39-19(4)32)22-24(17(2)15-31(22,38)27(16)35)41-29(37)21-11-9-8-10-12-21/h8-14,16-17,22-27,34-35,38H,3,15H2,1-2,4-7H3/t16-,17+,22-,23-,24+,25+,26+,27-,31-/m1/s1. The number of carbonyl (C=O) groups is 4. The molecule has 0 aromatic heterocycles. The number of ether oxygens (including phenoxy) is 3. The molecule has 3 rings (SSSR count). The number of allylic oxidation sites excluding steroid dienone is 1. The molecule has 1 fully saturated rings. The molecule has 1 aromatic carbocycles. The van der Waals surface area contributed by atoms with Gasteiger partial charge in [-0.15, -0.1) is 0 Å². The summed E-state index contributed by atoms with van der Waals surface area (Å²) >= 11 is 0. The number of ketones is 1. The molecule has 10 heteroatoms. The van der Waals surface area contributed by atoms with Gasteiger partial charge in [0.1, 0.15) is 17.8 Å². The number of fused-ring (bicyclic) bond motifs is 1. The fraction of sp³-hybridized carbons (Fsp3) is 0.548. The van der Waals surface area contributed by atoms with Crippen LogP contribution in [0.5, 0.6) is 0 Å². The largest absolute Gasteiger partial charge is 0.458 e. The van der Waals surface area contributed by atoms with Gasteiger partial charge in [0.15, 0.2) is 18.0 Å². The highest BCUT2D eigenvalue weighted by atomic mass is 16.6. The van der Waals surface area contributed by atoms with Gasteiger partial charge in [0.25, 0.3) is 0 Å². The molecule has 0 bridgehead atoms. The van der Waals surface area contributed by atoms with E-state index in [2.05, 4.69) is 6.58 Å². The smallest absolute Gasteiger partial charge is 0.338 e. The molecule has 0 spiro atoms. The molecule has 3 N–H and O–H groups in total. The lowest BCUT2D eigenvalue weighted by Gasteiger charge is -2.43. The number of benzene rings is 1. The van der Waals surface area contributed by atoms with E-state index in [9.17, 15) is 34.5 Å². The van der Waals surface area contributed by atoms with E-state index in [1.165, 1.54) is 6.08 Å². The number of hydrogen-bond acceptors (Lipinski definition) is 10. The van der Waals surface area contributed by atoms with Gasteiger partial charge in [-0.2, -0.15) is 0 Å². The summed E-state index contributed by atoms with van der Waals surface area (Å²) in [6.07, 6.45) is -4.73. The van der Waals surface area contributed by atoms with Crippen molar-refractivity contribution in [1.29, 1.82) is 0 Å². The molecule has 2 aliphatic carbocycles. The minimum atomic E-state index is -2.01. The van der Waals surface area contributed by atoms with Gasteiger partial charge < -0.3 is 29.5 Å². The van der Waals surface area contributed by atoms with E-state index in [1.54, 1.807) is 64.1 Å². The second kappa shape index (κ2) is 12.3. The van der Waals surface area contributed by atoms with E-state index in [0.29, 0.717) is 0 Å². The SMILES string of the molecule is C=C1[C@H](OC(C)=O)[C@H]2[C@@H](OC(=O)c3ccccc3)[C@@H](C)C[C@]2(O)[C@H](O)[C@H](C)C=CC(C)(C)C(=O)[C@H](O)[C@H]1OC(C)=O. The van der Waals surface area contributed by atoms with Crippen molar-refractivity contribution in [3.8, 4) is 0 Å². The topological polar surface area (TPSA) is 157 Å². The number of aliphatic hydroxyl groups is 3. The fourth-order valence-corrected chi connectivity index (χ4v) is 5.91. The lowest BCUT2D eigenvalue weighted by Crippen LogP contribution is -2.58. The van der Waals surface area contributed by atoms with E-state index < -0.39 is 83.0 Å². The quantitative estimate of drug-likeness (QED) is 0.278. The second-order valence-electron chi connectivity index (χ2n) is 11.8. The first-order chi connectivity index (χ1) is 19.0. The number of hydrogen-bond donors (Lipinski definition) is 3. The number of rotatable bonds is 4. The summed E-state index contributed by atoms with van der Waals surface area (Å²) in [7, 11) is 0. The Morgan fingerprint density at radius 2 is 1.51 bits per heavy atom. The minimum absolute atomic E-state index is 0.0576. The molecule has 0 saturated heterocycles. The van der Waals surface area contributed by atoms with Crippen molar-refractivity contribution in [2.75, 3.05) is 0 Å². The Bertz CT molecular complexity index is 1200. The molecule has 0 amide bonds. The first-order valence-electron chi connectivity index (χ1n) is 13.6. The third-order valence-electron chi connectivity index (χ3n) is 8.05. The second-order valence-corrected chi connectivity index (χ2v) is 11.8. The maximum atomic E-state index is 13.4.